The van der Waals surface area contributed by atoms with Crippen molar-refractivity contribution in [2.75, 3.05) is 17.2 Å². The lowest BCUT2D eigenvalue weighted by Gasteiger charge is -2.20. The molecule has 1 aliphatic rings. The number of amides is 2. The third-order valence-corrected chi connectivity index (χ3v) is 5.31. The number of aromatic nitrogens is 1. The molecule has 0 unspecified atom stereocenters. The van der Waals surface area contributed by atoms with Gasteiger partial charge in [0.2, 0.25) is 5.91 Å². The van der Waals surface area contributed by atoms with Crippen LogP contribution < -0.4 is 10.6 Å². The van der Waals surface area contributed by atoms with E-state index in [2.05, 4.69) is 15.6 Å². The number of nitrogens with zero attached hydrogens (tertiary/aromatic N) is 1. The highest BCUT2D eigenvalue weighted by molar-refractivity contribution is 7.14. The van der Waals surface area contributed by atoms with Gasteiger partial charge in [-0.1, -0.05) is 36.4 Å². The standard InChI is InChI=1S/C22H15N3O6S/c1-11(26)23-22-25-16(10-32-22)21(30)31-9-17(27)24-15-8-4-7-14-18(15)20(29)13-6-3-2-5-12(13)19(14)28/h2-8,10H,9H2,1H3,(H,24,27)(H,23,25,26). The maximum Gasteiger partial charge on any atom is 0.358 e. The molecule has 2 amide bonds. The fourth-order valence-corrected chi connectivity index (χ4v) is 3.94. The van der Waals surface area contributed by atoms with Crippen molar-refractivity contribution in [1.82, 2.24) is 4.98 Å². The number of hydrogen-bond acceptors (Lipinski definition) is 8. The first-order valence-electron chi connectivity index (χ1n) is 9.36. The van der Waals surface area contributed by atoms with Crippen molar-refractivity contribution in [2.24, 2.45) is 0 Å². The lowest BCUT2D eigenvalue weighted by atomic mass is 9.83. The molecular formula is C22H15N3O6S. The van der Waals surface area contributed by atoms with E-state index in [-0.39, 0.29) is 50.7 Å². The molecule has 0 saturated carbocycles. The maximum atomic E-state index is 13.0. The predicted octanol–water partition coefficient (Wildman–Crippen LogP) is 2.67. The molecule has 1 heterocycles. The van der Waals surface area contributed by atoms with Crippen LogP contribution in [0.4, 0.5) is 10.8 Å². The maximum absolute atomic E-state index is 13.0. The fraction of sp³-hybridized carbons (Fsp3) is 0.0909. The number of ether oxygens (including phenoxy) is 1. The first-order valence-corrected chi connectivity index (χ1v) is 10.2. The number of anilines is 2. The minimum atomic E-state index is -0.844. The van der Waals surface area contributed by atoms with E-state index in [1.54, 1.807) is 30.3 Å². The Balaban J connectivity index is 1.46. The second-order valence-electron chi connectivity index (χ2n) is 6.78. The summed E-state index contributed by atoms with van der Waals surface area (Å²) < 4.78 is 4.96. The number of fused-ring (bicyclic) bond motifs is 2. The molecule has 4 rings (SSSR count). The third-order valence-electron chi connectivity index (χ3n) is 4.56. The van der Waals surface area contributed by atoms with Gasteiger partial charge in [-0.3, -0.25) is 19.2 Å². The summed E-state index contributed by atoms with van der Waals surface area (Å²) in [7, 11) is 0. The first-order chi connectivity index (χ1) is 15.3. The van der Waals surface area contributed by atoms with Crippen LogP contribution in [0.15, 0.2) is 47.8 Å². The number of thiazole rings is 1. The van der Waals surface area contributed by atoms with Gasteiger partial charge in [0.15, 0.2) is 29.0 Å². The van der Waals surface area contributed by atoms with Gasteiger partial charge in [-0.25, -0.2) is 9.78 Å². The zero-order valence-corrected chi connectivity index (χ0v) is 17.4. The van der Waals surface area contributed by atoms with Crippen molar-refractivity contribution in [2.45, 2.75) is 6.92 Å². The quantitative estimate of drug-likeness (QED) is 0.448. The summed E-state index contributed by atoms with van der Waals surface area (Å²) in [5, 5.41) is 6.59. The molecule has 1 aliphatic carbocycles. The van der Waals surface area contributed by atoms with Crippen LogP contribution in [0, 0.1) is 0 Å². The zero-order valence-electron chi connectivity index (χ0n) is 16.6. The smallest absolute Gasteiger partial charge is 0.358 e. The van der Waals surface area contributed by atoms with Gasteiger partial charge in [0.05, 0.1) is 11.3 Å². The number of esters is 1. The van der Waals surface area contributed by atoms with Gasteiger partial charge in [-0.2, -0.15) is 0 Å². The monoisotopic (exact) mass is 449 g/mol. The average molecular weight is 449 g/mol. The van der Waals surface area contributed by atoms with Crippen LogP contribution in [0.2, 0.25) is 0 Å². The number of carbonyl (C=O) groups excluding carboxylic acids is 5. The Morgan fingerprint density at radius 2 is 1.62 bits per heavy atom. The van der Waals surface area contributed by atoms with Crippen molar-refractivity contribution >= 4 is 51.5 Å². The van der Waals surface area contributed by atoms with Gasteiger partial charge in [0, 0.05) is 29.0 Å². The van der Waals surface area contributed by atoms with E-state index in [9.17, 15) is 24.0 Å². The Bertz CT molecular complexity index is 1300. The van der Waals surface area contributed by atoms with E-state index < -0.39 is 18.5 Å². The van der Waals surface area contributed by atoms with Crippen molar-refractivity contribution in [1.29, 1.82) is 0 Å². The Hall–Kier alpha value is -4.18. The van der Waals surface area contributed by atoms with Crippen molar-refractivity contribution in [3.8, 4) is 0 Å². The second kappa shape index (κ2) is 8.52. The third kappa shape index (κ3) is 4.03. The SMILES string of the molecule is CC(=O)Nc1nc(C(=O)OCC(=O)Nc2cccc3c2C(=O)c2ccccc2C3=O)cs1. The average Bonchev–Trinajstić information content (AvgIpc) is 3.23. The minimum Gasteiger partial charge on any atom is -0.451 e. The summed E-state index contributed by atoms with van der Waals surface area (Å²) in [5.41, 5.74) is 0.951. The number of benzene rings is 2. The van der Waals surface area contributed by atoms with Crippen molar-refractivity contribution < 1.29 is 28.7 Å². The Labute approximate surface area is 185 Å². The van der Waals surface area contributed by atoms with Gasteiger partial charge in [-0.15, -0.1) is 11.3 Å². The molecule has 2 N–H and O–H groups in total. The van der Waals surface area contributed by atoms with Crippen LogP contribution in [0.1, 0.15) is 49.3 Å². The lowest BCUT2D eigenvalue weighted by molar-refractivity contribution is -0.119. The van der Waals surface area contributed by atoms with E-state index in [1.165, 1.54) is 24.4 Å². The molecule has 0 bridgehead atoms. The normalized spacial score (nSPS) is 11.9. The predicted molar refractivity (Wildman–Crippen MR) is 115 cm³/mol. The van der Waals surface area contributed by atoms with Gasteiger partial charge in [0.25, 0.3) is 5.91 Å². The number of hydrogen-bond donors (Lipinski definition) is 2. The molecule has 0 fully saturated rings. The molecule has 0 spiro atoms. The molecular weight excluding hydrogens is 434 g/mol. The summed E-state index contributed by atoms with van der Waals surface area (Å²) in [4.78, 5) is 65.1. The highest BCUT2D eigenvalue weighted by atomic mass is 32.1. The molecule has 3 aromatic rings. The number of rotatable bonds is 5. The van der Waals surface area contributed by atoms with E-state index in [4.69, 9.17) is 4.74 Å². The molecule has 0 saturated heterocycles. The van der Waals surface area contributed by atoms with E-state index in [0.717, 1.165) is 11.3 Å². The summed E-state index contributed by atoms with van der Waals surface area (Å²) in [5.74, 6) is -2.56. The molecule has 10 heteroatoms. The van der Waals surface area contributed by atoms with E-state index >= 15 is 0 Å². The molecule has 0 atom stereocenters. The van der Waals surface area contributed by atoms with Gasteiger partial charge >= 0.3 is 5.97 Å². The van der Waals surface area contributed by atoms with Crippen LogP contribution in [0.5, 0.6) is 0 Å². The molecule has 9 nitrogen and oxygen atoms in total. The van der Waals surface area contributed by atoms with Crippen molar-refractivity contribution in [3.05, 3.63) is 75.8 Å². The molecule has 0 radical (unpaired) electrons. The lowest BCUT2D eigenvalue weighted by Crippen LogP contribution is -2.26. The highest BCUT2D eigenvalue weighted by Crippen LogP contribution is 2.31. The number of nitrogens with one attached hydrogen (secondary N) is 2. The number of carbonyl (C=O) groups is 5. The van der Waals surface area contributed by atoms with Gasteiger partial charge < -0.3 is 15.4 Å². The zero-order chi connectivity index (χ0) is 22.8. The topological polar surface area (TPSA) is 132 Å². The largest absolute Gasteiger partial charge is 0.451 e. The first kappa shape index (κ1) is 21.1. The van der Waals surface area contributed by atoms with Crippen LogP contribution in [0.3, 0.4) is 0 Å². The molecule has 32 heavy (non-hydrogen) atoms. The molecule has 0 aliphatic heterocycles. The fourth-order valence-electron chi connectivity index (χ4n) is 3.22. The molecule has 1 aromatic heterocycles. The Kier molecular flexibility index (Phi) is 5.61. The minimum absolute atomic E-state index is 0.0546. The van der Waals surface area contributed by atoms with E-state index in [1.807, 2.05) is 0 Å². The molecule has 160 valence electrons. The van der Waals surface area contributed by atoms with Gasteiger partial charge in [-0.05, 0) is 6.07 Å². The van der Waals surface area contributed by atoms with Crippen LogP contribution >= 0.6 is 11.3 Å². The summed E-state index contributed by atoms with van der Waals surface area (Å²) in [6.45, 7) is 0.678. The van der Waals surface area contributed by atoms with Crippen LogP contribution in [0.25, 0.3) is 0 Å². The Morgan fingerprint density at radius 3 is 2.34 bits per heavy atom. The summed E-state index contributed by atoms with van der Waals surface area (Å²) >= 11 is 1.04. The number of ketones is 2. The summed E-state index contributed by atoms with van der Waals surface area (Å²) in [6.07, 6.45) is 0. The highest BCUT2D eigenvalue weighted by Gasteiger charge is 2.31. The van der Waals surface area contributed by atoms with Crippen LogP contribution in [-0.2, 0) is 14.3 Å². The van der Waals surface area contributed by atoms with E-state index in [0.29, 0.717) is 5.56 Å². The van der Waals surface area contributed by atoms with Crippen molar-refractivity contribution in [3.63, 3.8) is 0 Å². The summed E-state index contributed by atoms with van der Waals surface area (Å²) in [6, 6.07) is 11.1. The van der Waals surface area contributed by atoms with Gasteiger partial charge in [0.1, 0.15) is 0 Å². The molecule has 2 aromatic carbocycles. The van der Waals surface area contributed by atoms with Crippen LogP contribution in [-0.4, -0.2) is 40.9 Å². The Morgan fingerprint density at radius 1 is 0.938 bits per heavy atom. The second-order valence-corrected chi connectivity index (χ2v) is 7.63.